The van der Waals surface area contributed by atoms with Crippen LogP contribution in [0.5, 0.6) is 0 Å². The Kier molecular flexibility index (Phi) is 8.16. The number of rotatable bonds is 4. The van der Waals surface area contributed by atoms with Crippen molar-refractivity contribution in [2.45, 2.75) is 51.2 Å². The molecule has 5 nitrogen and oxygen atoms in total. The van der Waals surface area contributed by atoms with Gasteiger partial charge >= 0.3 is 0 Å². The zero-order valence-corrected chi connectivity index (χ0v) is 13.6. The topological polar surface area (TPSA) is 59.0 Å². The van der Waals surface area contributed by atoms with Crippen LogP contribution >= 0.6 is 24.8 Å². The maximum Gasteiger partial charge on any atom is 0.240 e. The highest BCUT2D eigenvalue weighted by atomic mass is 35.5. The van der Waals surface area contributed by atoms with Crippen molar-refractivity contribution in [1.82, 2.24) is 20.2 Å². The van der Waals surface area contributed by atoms with Gasteiger partial charge in [-0.3, -0.25) is 4.79 Å². The number of aromatic nitrogens is 2. The molecule has 1 amide bonds. The van der Waals surface area contributed by atoms with E-state index in [0.29, 0.717) is 0 Å². The van der Waals surface area contributed by atoms with Gasteiger partial charge in [-0.1, -0.05) is 0 Å². The minimum Gasteiger partial charge on any atom is -0.350 e. The standard InChI is InChI=1S/C13H22N4O.2ClH/c1-11(9-17-8-7-14-10-17)16-12(18)13(2)5-3-4-6-15-13;;/h7-8,10-11,15H,3-6,9H2,1-2H3,(H,16,18);2*1H. The van der Waals surface area contributed by atoms with Crippen LogP contribution < -0.4 is 10.6 Å². The molecule has 20 heavy (non-hydrogen) atoms. The molecule has 0 aliphatic carbocycles. The van der Waals surface area contributed by atoms with Gasteiger partial charge < -0.3 is 15.2 Å². The molecule has 1 aliphatic heterocycles. The van der Waals surface area contributed by atoms with Gasteiger partial charge in [-0.2, -0.15) is 0 Å². The summed E-state index contributed by atoms with van der Waals surface area (Å²) in [6, 6.07) is 0.104. The van der Waals surface area contributed by atoms with E-state index in [-0.39, 0.29) is 36.8 Å². The lowest BCUT2D eigenvalue weighted by molar-refractivity contribution is -0.128. The second-order valence-corrected chi connectivity index (χ2v) is 5.35. The summed E-state index contributed by atoms with van der Waals surface area (Å²) in [5.41, 5.74) is -0.401. The molecule has 7 heteroatoms. The lowest BCUT2D eigenvalue weighted by atomic mass is 9.90. The highest BCUT2D eigenvalue weighted by molar-refractivity contribution is 5.86. The molecule has 116 valence electrons. The van der Waals surface area contributed by atoms with Crippen LogP contribution in [0.2, 0.25) is 0 Å². The van der Waals surface area contributed by atoms with Crippen molar-refractivity contribution in [1.29, 1.82) is 0 Å². The van der Waals surface area contributed by atoms with Crippen molar-refractivity contribution in [3.05, 3.63) is 18.7 Å². The van der Waals surface area contributed by atoms with Gasteiger partial charge in [0.25, 0.3) is 0 Å². The fourth-order valence-corrected chi connectivity index (χ4v) is 2.39. The number of hydrogen-bond acceptors (Lipinski definition) is 3. The lowest BCUT2D eigenvalue weighted by Crippen LogP contribution is -2.58. The summed E-state index contributed by atoms with van der Waals surface area (Å²) in [5, 5.41) is 6.41. The molecule has 2 heterocycles. The average molecular weight is 323 g/mol. The molecule has 0 radical (unpaired) electrons. The first-order chi connectivity index (χ1) is 8.60. The highest BCUT2D eigenvalue weighted by Gasteiger charge is 2.34. The molecule has 1 saturated heterocycles. The predicted octanol–water partition coefficient (Wildman–Crippen LogP) is 1.76. The molecule has 0 aromatic carbocycles. The lowest BCUT2D eigenvalue weighted by Gasteiger charge is -2.34. The van der Waals surface area contributed by atoms with Gasteiger partial charge in [0.15, 0.2) is 0 Å². The Bertz CT molecular complexity index is 391. The molecule has 1 aliphatic rings. The maximum absolute atomic E-state index is 12.3. The third kappa shape index (κ3) is 4.96. The van der Waals surface area contributed by atoms with Gasteiger partial charge in [0, 0.05) is 25.0 Å². The zero-order valence-electron chi connectivity index (χ0n) is 12.0. The first kappa shape index (κ1) is 19.2. The number of imidazole rings is 1. The van der Waals surface area contributed by atoms with Crippen molar-refractivity contribution >= 4 is 30.7 Å². The number of carbonyl (C=O) groups excluding carboxylic acids is 1. The number of halogens is 2. The van der Waals surface area contributed by atoms with Gasteiger partial charge in [-0.25, -0.2) is 4.98 Å². The zero-order chi connectivity index (χ0) is 13.0. The molecule has 0 bridgehead atoms. The third-order valence-corrected chi connectivity index (χ3v) is 3.54. The van der Waals surface area contributed by atoms with Crippen LogP contribution in [0.25, 0.3) is 0 Å². The minimum atomic E-state index is -0.401. The van der Waals surface area contributed by atoms with E-state index in [1.165, 1.54) is 0 Å². The van der Waals surface area contributed by atoms with Crippen molar-refractivity contribution in [2.75, 3.05) is 6.54 Å². The number of carbonyl (C=O) groups is 1. The number of nitrogens with one attached hydrogen (secondary N) is 2. The molecule has 2 N–H and O–H groups in total. The normalized spacial score (nSPS) is 23.1. The Labute approximate surface area is 132 Å². The largest absolute Gasteiger partial charge is 0.350 e. The molecule has 1 aromatic rings. The van der Waals surface area contributed by atoms with E-state index < -0.39 is 5.54 Å². The van der Waals surface area contributed by atoms with E-state index in [1.807, 2.05) is 24.6 Å². The summed E-state index contributed by atoms with van der Waals surface area (Å²) in [6.07, 6.45) is 8.61. The number of amides is 1. The summed E-state index contributed by atoms with van der Waals surface area (Å²) < 4.78 is 1.97. The quantitative estimate of drug-likeness (QED) is 0.888. The van der Waals surface area contributed by atoms with Crippen molar-refractivity contribution in [3.8, 4) is 0 Å². The first-order valence-electron chi connectivity index (χ1n) is 6.62. The van der Waals surface area contributed by atoms with E-state index in [4.69, 9.17) is 0 Å². The SMILES string of the molecule is CC(Cn1ccnc1)NC(=O)C1(C)CCCCN1.Cl.Cl. The molecule has 2 atom stereocenters. The van der Waals surface area contributed by atoms with Gasteiger partial charge in [0.2, 0.25) is 5.91 Å². The minimum absolute atomic E-state index is 0. The molecular weight excluding hydrogens is 299 g/mol. The highest BCUT2D eigenvalue weighted by Crippen LogP contribution is 2.18. The van der Waals surface area contributed by atoms with Crippen molar-refractivity contribution in [2.24, 2.45) is 0 Å². The summed E-state index contributed by atoms with van der Waals surface area (Å²) >= 11 is 0. The molecule has 0 saturated carbocycles. The third-order valence-electron chi connectivity index (χ3n) is 3.54. The average Bonchev–Trinajstić information content (AvgIpc) is 2.82. The van der Waals surface area contributed by atoms with Crippen LogP contribution in [0, 0.1) is 0 Å². The molecule has 1 aromatic heterocycles. The van der Waals surface area contributed by atoms with Crippen molar-refractivity contribution in [3.63, 3.8) is 0 Å². The Morgan fingerprint density at radius 1 is 1.50 bits per heavy atom. The number of piperidine rings is 1. The van der Waals surface area contributed by atoms with Crippen LogP contribution in [-0.2, 0) is 11.3 Å². The Morgan fingerprint density at radius 3 is 2.80 bits per heavy atom. The summed E-state index contributed by atoms with van der Waals surface area (Å²) in [7, 11) is 0. The van der Waals surface area contributed by atoms with E-state index in [0.717, 1.165) is 32.4 Å². The first-order valence-corrected chi connectivity index (χ1v) is 6.62. The van der Waals surface area contributed by atoms with Crippen LogP contribution in [-0.4, -0.2) is 33.6 Å². The van der Waals surface area contributed by atoms with Crippen LogP contribution in [0.3, 0.4) is 0 Å². The fraction of sp³-hybridized carbons (Fsp3) is 0.692. The van der Waals surface area contributed by atoms with E-state index in [9.17, 15) is 4.79 Å². The van der Waals surface area contributed by atoms with E-state index in [2.05, 4.69) is 15.6 Å². The molecule has 2 rings (SSSR count). The number of nitrogens with zero attached hydrogens (tertiary/aromatic N) is 2. The number of hydrogen-bond donors (Lipinski definition) is 2. The Balaban J connectivity index is 0.00000180. The molecule has 1 fully saturated rings. The summed E-state index contributed by atoms with van der Waals surface area (Å²) in [6.45, 7) is 5.69. The van der Waals surface area contributed by atoms with Crippen LogP contribution in [0.15, 0.2) is 18.7 Å². The molecule has 0 spiro atoms. The van der Waals surface area contributed by atoms with Gasteiger partial charge in [0.1, 0.15) is 0 Å². The van der Waals surface area contributed by atoms with Crippen LogP contribution in [0.4, 0.5) is 0 Å². The fourth-order valence-electron chi connectivity index (χ4n) is 2.39. The smallest absolute Gasteiger partial charge is 0.240 e. The second kappa shape index (κ2) is 8.49. The second-order valence-electron chi connectivity index (χ2n) is 5.35. The Morgan fingerprint density at radius 2 is 2.25 bits per heavy atom. The van der Waals surface area contributed by atoms with Gasteiger partial charge in [-0.15, -0.1) is 24.8 Å². The summed E-state index contributed by atoms with van der Waals surface area (Å²) in [5.74, 6) is 0.106. The predicted molar refractivity (Wildman–Crippen MR) is 84.6 cm³/mol. The Hall–Kier alpha value is -0.780. The van der Waals surface area contributed by atoms with Crippen molar-refractivity contribution < 1.29 is 4.79 Å². The van der Waals surface area contributed by atoms with Crippen LogP contribution in [0.1, 0.15) is 33.1 Å². The van der Waals surface area contributed by atoms with Gasteiger partial charge in [-0.05, 0) is 39.7 Å². The summed E-state index contributed by atoms with van der Waals surface area (Å²) in [4.78, 5) is 16.3. The van der Waals surface area contributed by atoms with Gasteiger partial charge in [0.05, 0.1) is 11.9 Å². The molecule has 2 unspecified atom stereocenters. The van der Waals surface area contributed by atoms with E-state index in [1.54, 1.807) is 12.5 Å². The van der Waals surface area contributed by atoms with E-state index >= 15 is 0 Å². The maximum atomic E-state index is 12.3. The monoisotopic (exact) mass is 322 g/mol. The molecular formula is C13H24Cl2N4O.